The molecule has 1 aromatic rings. The molecule has 0 spiro atoms. The molecule has 4 heteroatoms. The van der Waals surface area contributed by atoms with Crippen LogP contribution in [0.1, 0.15) is 63.5 Å². The maximum Gasteiger partial charge on any atom is 0.171 e. The van der Waals surface area contributed by atoms with Gasteiger partial charge in [-0.25, -0.2) is 0 Å². The van der Waals surface area contributed by atoms with E-state index in [1.54, 1.807) is 0 Å². The van der Waals surface area contributed by atoms with Gasteiger partial charge in [-0.15, -0.1) is 0 Å². The summed E-state index contributed by atoms with van der Waals surface area (Å²) in [6, 6.07) is 6.10. The third kappa shape index (κ3) is 5.49. The Labute approximate surface area is 137 Å². The molecule has 1 heterocycles. The lowest BCUT2D eigenvalue weighted by atomic mass is 10.1. The Kier molecular flexibility index (Phi) is 7.56. The Balaban J connectivity index is 1.68. The first kappa shape index (κ1) is 17.6. The van der Waals surface area contributed by atoms with Crippen LogP contribution in [0, 0.1) is 0 Å². The first-order chi connectivity index (χ1) is 10.7. The van der Waals surface area contributed by atoms with Crippen LogP contribution in [-0.4, -0.2) is 15.6 Å². The van der Waals surface area contributed by atoms with Gasteiger partial charge in [0.15, 0.2) is 5.75 Å². The second-order valence-corrected chi connectivity index (χ2v) is 8.13. The Morgan fingerprint density at radius 2 is 1.95 bits per heavy atom. The number of hydrogen-bond donors (Lipinski definition) is 0. The Bertz CT molecular complexity index is 450. The van der Waals surface area contributed by atoms with Crippen molar-refractivity contribution >= 4 is 11.2 Å². The van der Waals surface area contributed by atoms with Crippen molar-refractivity contribution in [3.63, 3.8) is 0 Å². The first-order valence-corrected chi connectivity index (χ1v) is 9.87. The predicted molar refractivity (Wildman–Crippen MR) is 91.4 cm³/mol. The zero-order valence-electron chi connectivity index (χ0n) is 13.8. The zero-order valence-corrected chi connectivity index (χ0v) is 14.6. The maximum atomic E-state index is 12.3. The van der Waals surface area contributed by atoms with Crippen LogP contribution in [-0.2, 0) is 29.1 Å². The van der Waals surface area contributed by atoms with Gasteiger partial charge in [0.1, 0.15) is 17.6 Å². The molecular weight excluding hydrogens is 296 g/mol. The van der Waals surface area contributed by atoms with Crippen LogP contribution in [0.15, 0.2) is 18.2 Å². The average molecular weight is 324 g/mol. The van der Waals surface area contributed by atoms with Crippen LogP contribution in [0.5, 0.6) is 5.75 Å². The van der Waals surface area contributed by atoms with E-state index < -0.39 is 11.2 Å². The lowest BCUT2D eigenvalue weighted by Gasteiger charge is -2.18. The zero-order chi connectivity index (χ0) is 15.8. The molecule has 1 aromatic carbocycles. The highest BCUT2D eigenvalue weighted by molar-refractivity contribution is 7.91. The molecular formula is C18H28O3S. The number of fused-ring (bicyclic) bond motifs is 1. The maximum absolute atomic E-state index is 12.3. The molecule has 0 aromatic heterocycles. The van der Waals surface area contributed by atoms with Gasteiger partial charge in [-0.3, -0.25) is 0 Å². The normalized spacial score (nSPS) is 16.1. The number of rotatable bonds is 10. The highest BCUT2D eigenvalue weighted by atomic mass is 32.2. The van der Waals surface area contributed by atoms with E-state index in [1.165, 1.54) is 37.7 Å². The Morgan fingerprint density at radius 3 is 2.77 bits per heavy atom. The lowest BCUT2D eigenvalue weighted by molar-refractivity contribution is -0.194. The lowest BCUT2D eigenvalue weighted by Crippen LogP contribution is -2.23. The largest absolute Gasteiger partial charge is 0.616 e. The van der Waals surface area contributed by atoms with Gasteiger partial charge >= 0.3 is 0 Å². The van der Waals surface area contributed by atoms with Crippen molar-refractivity contribution in [2.24, 2.45) is 0 Å². The first-order valence-electron chi connectivity index (χ1n) is 8.49. The van der Waals surface area contributed by atoms with Gasteiger partial charge in [0.05, 0.1) is 0 Å². The number of hydrogen-bond acceptors (Lipinski definition) is 3. The molecule has 0 saturated carbocycles. The summed E-state index contributed by atoms with van der Waals surface area (Å²) in [5.74, 6) is 1.65. The van der Waals surface area contributed by atoms with Gasteiger partial charge in [0.2, 0.25) is 0 Å². The summed E-state index contributed by atoms with van der Waals surface area (Å²) in [7, 11) is 0. The van der Waals surface area contributed by atoms with Crippen molar-refractivity contribution in [2.45, 2.75) is 70.7 Å². The van der Waals surface area contributed by atoms with E-state index >= 15 is 0 Å². The van der Waals surface area contributed by atoms with Crippen molar-refractivity contribution < 1.29 is 14.3 Å². The summed E-state index contributed by atoms with van der Waals surface area (Å²) in [4.78, 5) is 9.99. The third-order valence-electron chi connectivity index (χ3n) is 4.16. The number of benzene rings is 1. The van der Waals surface area contributed by atoms with Gasteiger partial charge in [-0.05, 0) is 37.5 Å². The SMILES string of the molecule is CCCCCCCC[S+]([O-])C(C)Cc1ccc2c(c1)COO2. The standard InChI is InChI=1S/C18H28O3S/c1-3-4-5-6-7-8-11-22(19)15(2)12-16-9-10-18-17(13-16)14-20-21-18/h9-10,13,15H,3-8,11-12,14H2,1-2H3. The minimum Gasteiger partial charge on any atom is -0.616 e. The quantitative estimate of drug-likeness (QED) is 0.360. The molecule has 1 aliphatic rings. The van der Waals surface area contributed by atoms with E-state index in [0.29, 0.717) is 6.61 Å². The Hall–Kier alpha value is -0.710. The second kappa shape index (κ2) is 9.43. The summed E-state index contributed by atoms with van der Waals surface area (Å²) in [6.07, 6.45) is 8.36. The van der Waals surface area contributed by atoms with Gasteiger partial charge < -0.3 is 9.44 Å². The number of unbranched alkanes of at least 4 members (excludes halogenated alkanes) is 5. The second-order valence-electron chi connectivity index (χ2n) is 6.15. The van der Waals surface area contributed by atoms with Gasteiger partial charge in [-0.2, -0.15) is 4.89 Å². The van der Waals surface area contributed by atoms with Crippen molar-refractivity contribution in [1.29, 1.82) is 0 Å². The van der Waals surface area contributed by atoms with Crippen LogP contribution >= 0.6 is 0 Å². The molecule has 0 aliphatic carbocycles. The molecule has 3 nitrogen and oxygen atoms in total. The Morgan fingerprint density at radius 1 is 1.18 bits per heavy atom. The van der Waals surface area contributed by atoms with Crippen molar-refractivity contribution in [3.05, 3.63) is 29.3 Å². The van der Waals surface area contributed by atoms with Gasteiger partial charge in [0.25, 0.3) is 0 Å². The molecule has 2 rings (SSSR count). The highest BCUT2D eigenvalue weighted by Crippen LogP contribution is 2.27. The molecule has 0 amide bonds. The molecule has 1 aliphatic heterocycles. The molecule has 0 fully saturated rings. The summed E-state index contributed by atoms with van der Waals surface area (Å²) in [5, 5.41) is 0.205. The molecule has 2 unspecified atom stereocenters. The molecule has 124 valence electrons. The minimum absolute atomic E-state index is 0.205. The van der Waals surface area contributed by atoms with Crippen LogP contribution in [0.2, 0.25) is 0 Å². The molecule has 0 radical (unpaired) electrons. The van der Waals surface area contributed by atoms with Crippen LogP contribution < -0.4 is 4.89 Å². The fraction of sp³-hybridized carbons (Fsp3) is 0.667. The summed E-state index contributed by atoms with van der Waals surface area (Å²) in [6.45, 7) is 4.83. The summed E-state index contributed by atoms with van der Waals surface area (Å²) < 4.78 is 12.3. The molecule has 22 heavy (non-hydrogen) atoms. The molecule has 0 N–H and O–H groups in total. The van der Waals surface area contributed by atoms with Crippen molar-refractivity contribution in [1.82, 2.24) is 0 Å². The average Bonchev–Trinajstić information content (AvgIpc) is 2.98. The van der Waals surface area contributed by atoms with Crippen LogP contribution in [0.4, 0.5) is 0 Å². The predicted octanol–water partition coefficient (Wildman–Crippen LogP) is 4.55. The van der Waals surface area contributed by atoms with Gasteiger partial charge in [0, 0.05) is 12.0 Å². The molecule has 0 bridgehead atoms. The van der Waals surface area contributed by atoms with E-state index in [2.05, 4.69) is 19.9 Å². The topological polar surface area (TPSA) is 41.5 Å². The molecule has 2 atom stereocenters. The van der Waals surface area contributed by atoms with Crippen molar-refractivity contribution in [3.8, 4) is 5.75 Å². The van der Waals surface area contributed by atoms with E-state index in [1.807, 2.05) is 12.1 Å². The fourth-order valence-electron chi connectivity index (χ4n) is 2.76. The fourth-order valence-corrected chi connectivity index (χ4v) is 4.03. The van der Waals surface area contributed by atoms with E-state index in [-0.39, 0.29) is 5.25 Å². The minimum atomic E-state index is -0.733. The van der Waals surface area contributed by atoms with E-state index in [0.717, 1.165) is 29.9 Å². The van der Waals surface area contributed by atoms with E-state index in [4.69, 9.17) is 9.78 Å². The smallest absolute Gasteiger partial charge is 0.171 e. The van der Waals surface area contributed by atoms with Crippen molar-refractivity contribution in [2.75, 3.05) is 5.75 Å². The van der Waals surface area contributed by atoms with Crippen LogP contribution in [0.3, 0.4) is 0 Å². The van der Waals surface area contributed by atoms with Gasteiger partial charge in [-0.1, -0.05) is 49.8 Å². The van der Waals surface area contributed by atoms with E-state index in [9.17, 15) is 4.55 Å². The highest BCUT2D eigenvalue weighted by Gasteiger charge is 2.19. The summed E-state index contributed by atoms with van der Waals surface area (Å²) >= 11 is -0.733. The van der Waals surface area contributed by atoms with Crippen LogP contribution in [0.25, 0.3) is 0 Å². The monoisotopic (exact) mass is 324 g/mol. The summed E-state index contributed by atoms with van der Waals surface area (Å²) in [5.41, 5.74) is 2.31. The third-order valence-corrected chi connectivity index (χ3v) is 5.91. The molecule has 0 saturated heterocycles.